The first-order valence-corrected chi connectivity index (χ1v) is 10.6. The number of halogens is 2. The molecule has 0 saturated heterocycles. The smallest absolute Gasteiger partial charge is 0.215 e. The lowest BCUT2D eigenvalue weighted by molar-refractivity contribution is 0.571. The summed E-state index contributed by atoms with van der Waals surface area (Å²) in [5.41, 5.74) is -0.230. The second kappa shape index (κ2) is 9.55. The van der Waals surface area contributed by atoms with Gasteiger partial charge in [-0.05, 0) is 37.3 Å². The summed E-state index contributed by atoms with van der Waals surface area (Å²) in [5.74, 6) is 0.0462. The van der Waals surface area contributed by atoms with Gasteiger partial charge in [-0.2, -0.15) is 0 Å². The van der Waals surface area contributed by atoms with Gasteiger partial charge in [0.1, 0.15) is 34.9 Å². The van der Waals surface area contributed by atoms with Crippen LogP contribution in [0.25, 0.3) is 0 Å². The van der Waals surface area contributed by atoms with Crippen molar-refractivity contribution in [2.24, 2.45) is 0 Å². The van der Waals surface area contributed by atoms with Crippen molar-refractivity contribution in [3.8, 4) is 0 Å². The molecule has 2 heterocycles. The monoisotopic (exact) mass is 434 g/mol. The van der Waals surface area contributed by atoms with Crippen molar-refractivity contribution in [1.29, 1.82) is 0 Å². The second-order valence-electron chi connectivity index (χ2n) is 6.34. The van der Waals surface area contributed by atoms with Gasteiger partial charge in [0.2, 0.25) is 10.0 Å². The third-order valence-electron chi connectivity index (χ3n) is 3.87. The van der Waals surface area contributed by atoms with Gasteiger partial charge in [0, 0.05) is 30.9 Å². The number of nitrogens with one attached hydrogen (secondary N) is 3. The molecule has 0 radical (unpaired) electrons. The first kappa shape index (κ1) is 21.5. The van der Waals surface area contributed by atoms with Crippen LogP contribution in [-0.2, 0) is 15.8 Å². The molecule has 0 atom stereocenters. The van der Waals surface area contributed by atoms with Gasteiger partial charge in [-0.25, -0.2) is 36.9 Å². The highest BCUT2D eigenvalue weighted by Gasteiger charge is 2.15. The molecule has 2 aromatic heterocycles. The number of sulfonamides is 1. The van der Waals surface area contributed by atoms with Crippen LogP contribution in [0.4, 0.5) is 26.2 Å². The Hall–Kier alpha value is -3.18. The molecule has 30 heavy (non-hydrogen) atoms. The molecule has 0 saturated carbocycles. The van der Waals surface area contributed by atoms with E-state index in [1.54, 1.807) is 31.3 Å². The Balaban J connectivity index is 1.54. The van der Waals surface area contributed by atoms with Crippen molar-refractivity contribution in [2.45, 2.75) is 12.7 Å². The number of aryl methyl sites for hydroxylation is 1. The summed E-state index contributed by atoms with van der Waals surface area (Å²) in [6, 6.07) is 9.79. The van der Waals surface area contributed by atoms with E-state index < -0.39 is 27.4 Å². The Kier molecular flexibility index (Phi) is 6.85. The zero-order valence-corrected chi connectivity index (χ0v) is 16.9. The SMILES string of the molecule is Cc1nc(NCCNS(=O)(=O)Cc2cc(F)ccc2F)cc(Nc2ccccn2)n1. The molecule has 0 fully saturated rings. The predicted octanol–water partition coefficient (Wildman–Crippen LogP) is 2.73. The van der Waals surface area contributed by atoms with Crippen LogP contribution in [0, 0.1) is 18.6 Å². The summed E-state index contributed by atoms with van der Waals surface area (Å²) < 4.78 is 53.4. The van der Waals surface area contributed by atoms with Crippen LogP contribution in [-0.4, -0.2) is 36.5 Å². The topological polar surface area (TPSA) is 109 Å². The maximum absolute atomic E-state index is 13.6. The van der Waals surface area contributed by atoms with Gasteiger partial charge in [0.05, 0.1) is 5.75 Å². The molecule has 0 amide bonds. The fourth-order valence-electron chi connectivity index (χ4n) is 2.60. The molecule has 3 rings (SSSR count). The first-order chi connectivity index (χ1) is 14.3. The number of anilines is 3. The third kappa shape index (κ3) is 6.42. The van der Waals surface area contributed by atoms with E-state index in [1.165, 1.54) is 0 Å². The van der Waals surface area contributed by atoms with Gasteiger partial charge in [-0.1, -0.05) is 6.07 Å². The summed E-state index contributed by atoms with van der Waals surface area (Å²) in [6.45, 7) is 1.99. The molecule has 0 unspecified atom stereocenters. The molecular weight excluding hydrogens is 414 g/mol. The number of pyridine rings is 1. The molecule has 0 aliphatic heterocycles. The van der Waals surface area contributed by atoms with Crippen molar-refractivity contribution < 1.29 is 17.2 Å². The van der Waals surface area contributed by atoms with Gasteiger partial charge >= 0.3 is 0 Å². The van der Waals surface area contributed by atoms with Gasteiger partial charge in [-0.3, -0.25) is 0 Å². The van der Waals surface area contributed by atoms with Crippen LogP contribution in [0.2, 0.25) is 0 Å². The lowest BCUT2D eigenvalue weighted by Gasteiger charge is -2.11. The van der Waals surface area contributed by atoms with Crippen molar-refractivity contribution in [3.63, 3.8) is 0 Å². The first-order valence-electron chi connectivity index (χ1n) is 9.00. The summed E-state index contributed by atoms with van der Waals surface area (Å²) in [4.78, 5) is 12.7. The summed E-state index contributed by atoms with van der Waals surface area (Å²) in [7, 11) is -3.84. The molecule has 0 bridgehead atoms. The fraction of sp³-hybridized carbons (Fsp3) is 0.211. The molecule has 3 aromatic rings. The highest BCUT2D eigenvalue weighted by Crippen LogP contribution is 2.15. The van der Waals surface area contributed by atoms with Crippen molar-refractivity contribution in [3.05, 3.63) is 71.7 Å². The molecular formula is C19H20F2N6O2S. The predicted molar refractivity (Wildman–Crippen MR) is 110 cm³/mol. The molecule has 158 valence electrons. The van der Waals surface area contributed by atoms with E-state index in [9.17, 15) is 17.2 Å². The molecule has 0 aliphatic carbocycles. The molecule has 3 N–H and O–H groups in total. The van der Waals surface area contributed by atoms with E-state index in [4.69, 9.17) is 0 Å². The second-order valence-corrected chi connectivity index (χ2v) is 8.15. The zero-order valence-electron chi connectivity index (χ0n) is 16.1. The molecule has 8 nitrogen and oxygen atoms in total. The minimum Gasteiger partial charge on any atom is -0.369 e. The van der Waals surface area contributed by atoms with E-state index in [2.05, 4.69) is 30.3 Å². The average Bonchev–Trinajstić information content (AvgIpc) is 2.68. The number of hydrogen-bond acceptors (Lipinski definition) is 7. The number of rotatable bonds is 9. The maximum atomic E-state index is 13.6. The highest BCUT2D eigenvalue weighted by atomic mass is 32.2. The van der Waals surface area contributed by atoms with E-state index in [0.29, 0.717) is 23.3 Å². The van der Waals surface area contributed by atoms with Crippen LogP contribution in [0.15, 0.2) is 48.7 Å². The van der Waals surface area contributed by atoms with Crippen LogP contribution in [0.1, 0.15) is 11.4 Å². The summed E-state index contributed by atoms with van der Waals surface area (Å²) >= 11 is 0. The third-order valence-corrected chi connectivity index (χ3v) is 5.20. The largest absolute Gasteiger partial charge is 0.369 e. The van der Waals surface area contributed by atoms with Gasteiger partial charge in [0.25, 0.3) is 0 Å². The molecule has 11 heteroatoms. The Morgan fingerprint density at radius 3 is 2.53 bits per heavy atom. The number of benzene rings is 1. The van der Waals surface area contributed by atoms with Gasteiger partial charge in [0.15, 0.2) is 0 Å². The Morgan fingerprint density at radius 2 is 1.77 bits per heavy atom. The summed E-state index contributed by atoms with van der Waals surface area (Å²) in [6.07, 6.45) is 1.65. The van der Waals surface area contributed by atoms with Gasteiger partial charge < -0.3 is 10.6 Å². The highest BCUT2D eigenvalue weighted by molar-refractivity contribution is 7.88. The quantitative estimate of drug-likeness (QED) is 0.444. The van der Waals surface area contributed by atoms with Crippen molar-refractivity contribution >= 4 is 27.5 Å². The Labute approximate surface area is 172 Å². The van der Waals surface area contributed by atoms with Gasteiger partial charge in [-0.15, -0.1) is 0 Å². The molecule has 0 spiro atoms. The summed E-state index contributed by atoms with van der Waals surface area (Å²) in [5, 5.41) is 6.05. The van der Waals surface area contributed by atoms with E-state index in [-0.39, 0.29) is 18.7 Å². The number of nitrogens with zero attached hydrogens (tertiary/aromatic N) is 3. The Bertz CT molecular complexity index is 1110. The van der Waals surface area contributed by atoms with E-state index in [1.807, 2.05) is 6.07 Å². The van der Waals surface area contributed by atoms with Crippen molar-refractivity contribution in [2.75, 3.05) is 23.7 Å². The standard InChI is InChI=1S/C19H20F2N6O2S/c1-13-25-18(11-19(26-13)27-17-4-2-3-7-22-17)23-8-9-24-30(28,29)12-14-10-15(20)5-6-16(14)21/h2-7,10-11,24H,8-9,12H2,1H3,(H2,22,23,25,26,27). The van der Waals surface area contributed by atoms with Crippen LogP contribution >= 0.6 is 0 Å². The van der Waals surface area contributed by atoms with E-state index in [0.717, 1.165) is 18.2 Å². The lowest BCUT2D eigenvalue weighted by atomic mass is 10.2. The molecule has 1 aromatic carbocycles. The van der Waals surface area contributed by atoms with Crippen LogP contribution in [0.5, 0.6) is 0 Å². The number of aromatic nitrogens is 3. The van der Waals surface area contributed by atoms with E-state index >= 15 is 0 Å². The Morgan fingerprint density at radius 1 is 0.967 bits per heavy atom. The average molecular weight is 434 g/mol. The minimum atomic E-state index is -3.84. The maximum Gasteiger partial charge on any atom is 0.215 e. The normalized spacial score (nSPS) is 11.3. The zero-order chi connectivity index (χ0) is 21.6. The lowest BCUT2D eigenvalue weighted by Crippen LogP contribution is -2.30. The van der Waals surface area contributed by atoms with Crippen LogP contribution < -0.4 is 15.4 Å². The minimum absolute atomic E-state index is 0.0331. The molecule has 0 aliphatic rings. The fourth-order valence-corrected chi connectivity index (χ4v) is 3.74. The number of hydrogen-bond donors (Lipinski definition) is 3. The van der Waals surface area contributed by atoms with Crippen molar-refractivity contribution in [1.82, 2.24) is 19.7 Å². The van der Waals surface area contributed by atoms with Crippen LogP contribution in [0.3, 0.4) is 0 Å².